The van der Waals surface area contributed by atoms with Gasteiger partial charge in [-0.3, -0.25) is 4.18 Å². The van der Waals surface area contributed by atoms with E-state index in [1.165, 1.54) is 0 Å². The van der Waals surface area contributed by atoms with Gasteiger partial charge in [0, 0.05) is 0 Å². The highest BCUT2D eigenvalue weighted by atomic mass is 32.2. The lowest BCUT2D eigenvalue weighted by Gasteiger charge is -2.52. The van der Waals surface area contributed by atoms with E-state index in [-0.39, 0.29) is 11.5 Å². The Morgan fingerprint density at radius 1 is 0.638 bits per heavy atom. The van der Waals surface area contributed by atoms with Crippen molar-refractivity contribution < 1.29 is 35.0 Å². The van der Waals surface area contributed by atoms with Crippen LogP contribution in [0.4, 0.5) is 0 Å². The van der Waals surface area contributed by atoms with Gasteiger partial charge in [-0.25, -0.2) is 0 Å². The molecule has 1 saturated heterocycles. The van der Waals surface area contributed by atoms with E-state index in [0.717, 1.165) is 60.0 Å². The SMILES string of the molecule is CC[Si](CC)(CC)O[C@@H]1[C@@H](O[Si](CC)(CC)CC)[C@@H](c2ccco2)O[C@H](COS(=O)(=O)c2ccc(C)cc2)[C@H]1O[Si](CC)(CC)CC. The molecule has 3 rings (SSSR count). The number of ether oxygens (including phenoxy) is 1. The first-order chi connectivity index (χ1) is 22.4. The van der Waals surface area contributed by atoms with E-state index in [1.807, 2.05) is 19.1 Å². The van der Waals surface area contributed by atoms with Crippen LogP contribution in [0.15, 0.2) is 52.0 Å². The molecule has 0 amide bonds. The standard InChI is InChI=1S/C35H62O8SSi3/c1-11-45(12-2,13-3)41-33-31(27-39-44(36,37)29-24-22-28(10)23-25-29)40-32(30-21-20-26-38-30)34(42-46(14-4,15-5)16-6)35(33)43-47(17-7,18-8)19-9/h20-26,31-35H,11-19,27H2,1-10H3/t31-,32-,33-,34+,35+/m1/s1. The van der Waals surface area contributed by atoms with Gasteiger partial charge in [-0.05, 0) is 85.6 Å². The Labute approximate surface area is 288 Å². The fraction of sp³-hybridized carbons (Fsp3) is 0.714. The number of aryl methyl sites for hydroxylation is 1. The molecule has 1 aromatic carbocycles. The van der Waals surface area contributed by atoms with E-state index in [9.17, 15) is 8.42 Å². The first kappa shape index (κ1) is 40.3. The minimum atomic E-state index is -4.06. The summed E-state index contributed by atoms with van der Waals surface area (Å²) >= 11 is 0. The van der Waals surface area contributed by atoms with Gasteiger partial charge in [0.05, 0.1) is 17.8 Å². The van der Waals surface area contributed by atoms with Gasteiger partial charge in [0.2, 0.25) is 0 Å². The molecule has 47 heavy (non-hydrogen) atoms. The van der Waals surface area contributed by atoms with Crippen LogP contribution in [0.3, 0.4) is 0 Å². The number of hydrogen-bond acceptors (Lipinski definition) is 8. The molecule has 0 unspecified atom stereocenters. The summed E-state index contributed by atoms with van der Waals surface area (Å²) in [4.78, 5) is 0.117. The molecule has 12 heteroatoms. The molecule has 0 N–H and O–H groups in total. The zero-order chi connectivity index (χ0) is 34.9. The maximum atomic E-state index is 13.5. The Bertz CT molecular complexity index is 1270. The van der Waals surface area contributed by atoms with Crippen LogP contribution in [0.5, 0.6) is 0 Å². The number of hydrogen-bond donors (Lipinski definition) is 0. The smallest absolute Gasteiger partial charge is 0.297 e. The van der Waals surface area contributed by atoms with Crippen LogP contribution in [0.1, 0.15) is 79.7 Å². The molecular formula is C35H62O8SSi3. The zero-order valence-corrected chi connectivity index (χ0v) is 34.5. The third-order valence-corrected chi connectivity index (χ3v) is 26.3. The summed E-state index contributed by atoms with van der Waals surface area (Å²) in [5.41, 5.74) is 0.974. The summed E-state index contributed by atoms with van der Waals surface area (Å²) in [6, 6.07) is 19.1. The van der Waals surface area contributed by atoms with E-state index in [1.54, 1.807) is 30.5 Å². The van der Waals surface area contributed by atoms with Gasteiger partial charge in [0.1, 0.15) is 36.3 Å². The Morgan fingerprint density at radius 2 is 1.09 bits per heavy atom. The van der Waals surface area contributed by atoms with Gasteiger partial charge >= 0.3 is 0 Å². The molecule has 1 aromatic heterocycles. The maximum absolute atomic E-state index is 13.5. The predicted molar refractivity (Wildman–Crippen MR) is 197 cm³/mol. The van der Waals surface area contributed by atoms with Crippen LogP contribution >= 0.6 is 0 Å². The minimum absolute atomic E-state index is 0.117. The third kappa shape index (κ3) is 9.37. The highest BCUT2D eigenvalue weighted by molar-refractivity contribution is 7.86. The molecule has 5 atom stereocenters. The molecule has 1 fully saturated rings. The predicted octanol–water partition coefficient (Wildman–Crippen LogP) is 9.60. The van der Waals surface area contributed by atoms with Crippen molar-refractivity contribution in [2.75, 3.05) is 6.61 Å². The van der Waals surface area contributed by atoms with Crippen LogP contribution in [0.25, 0.3) is 0 Å². The van der Waals surface area contributed by atoms with Crippen molar-refractivity contribution >= 4 is 35.1 Å². The van der Waals surface area contributed by atoms with Crippen molar-refractivity contribution in [3.05, 3.63) is 54.0 Å². The second-order valence-electron chi connectivity index (χ2n) is 13.1. The highest BCUT2D eigenvalue weighted by Crippen LogP contribution is 2.44. The van der Waals surface area contributed by atoms with Crippen LogP contribution in [-0.4, -0.2) is 64.4 Å². The van der Waals surface area contributed by atoms with Crippen molar-refractivity contribution in [3.8, 4) is 0 Å². The number of rotatable bonds is 20. The molecule has 2 heterocycles. The van der Waals surface area contributed by atoms with Gasteiger partial charge in [-0.15, -0.1) is 0 Å². The largest absolute Gasteiger partial charge is 0.466 e. The third-order valence-electron chi connectivity index (χ3n) is 11.1. The summed E-state index contributed by atoms with van der Waals surface area (Å²) < 4.78 is 68.1. The van der Waals surface area contributed by atoms with Crippen LogP contribution in [-0.2, 0) is 32.3 Å². The van der Waals surface area contributed by atoms with Gasteiger partial charge in [0.15, 0.2) is 25.0 Å². The lowest BCUT2D eigenvalue weighted by atomic mass is 9.94. The Kier molecular flexibility index (Phi) is 15.2. The molecule has 0 saturated carbocycles. The fourth-order valence-corrected chi connectivity index (χ4v) is 16.4. The van der Waals surface area contributed by atoms with E-state index in [4.69, 9.17) is 26.6 Å². The molecule has 0 spiro atoms. The van der Waals surface area contributed by atoms with Crippen LogP contribution in [0.2, 0.25) is 54.4 Å². The van der Waals surface area contributed by atoms with E-state index >= 15 is 0 Å². The van der Waals surface area contributed by atoms with E-state index in [0.29, 0.717) is 5.76 Å². The second kappa shape index (κ2) is 17.7. The quantitative estimate of drug-likeness (QED) is 0.0984. The van der Waals surface area contributed by atoms with Crippen molar-refractivity contribution in [1.82, 2.24) is 0 Å². The monoisotopic (exact) mass is 726 g/mol. The average Bonchev–Trinajstić information content (AvgIpc) is 3.64. The Balaban J connectivity index is 2.23. The highest BCUT2D eigenvalue weighted by Gasteiger charge is 2.55. The van der Waals surface area contributed by atoms with Gasteiger partial charge in [-0.2, -0.15) is 8.42 Å². The van der Waals surface area contributed by atoms with E-state index in [2.05, 4.69) is 62.3 Å². The lowest BCUT2D eigenvalue weighted by Crippen LogP contribution is -2.65. The summed E-state index contributed by atoms with van der Waals surface area (Å²) in [5, 5.41) is 0. The van der Waals surface area contributed by atoms with E-state index < -0.39 is 65.6 Å². The van der Waals surface area contributed by atoms with Crippen molar-refractivity contribution in [2.45, 2.75) is 159 Å². The van der Waals surface area contributed by atoms with Crippen molar-refractivity contribution in [3.63, 3.8) is 0 Å². The molecule has 2 aromatic rings. The zero-order valence-electron chi connectivity index (χ0n) is 30.7. The first-order valence-electron chi connectivity index (χ1n) is 18.1. The molecule has 268 valence electrons. The fourth-order valence-electron chi connectivity index (χ4n) is 6.93. The van der Waals surface area contributed by atoms with Crippen LogP contribution < -0.4 is 0 Å². The second-order valence-corrected chi connectivity index (χ2v) is 28.9. The summed E-state index contributed by atoms with van der Waals surface area (Å²) in [6.45, 7) is 21.7. The molecule has 0 bridgehead atoms. The average molecular weight is 727 g/mol. The molecular weight excluding hydrogens is 665 g/mol. The molecule has 1 aliphatic heterocycles. The maximum Gasteiger partial charge on any atom is 0.297 e. The Hall–Kier alpha value is -1.10. The normalized spacial score (nSPS) is 22.9. The Morgan fingerprint density at radius 3 is 1.51 bits per heavy atom. The summed E-state index contributed by atoms with van der Waals surface area (Å²) in [6.07, 6.45) is -1.21. The number of furan rings is 1. The van der Waals surface area contributed by atoms with Gasteiger partial charge in [0.25, 0.3) is 10.1 Å². The van der Waals surface area contributed by atoms with Crippen molar-refractivity contribution in [1.29, 1.82) is 0 Å². The molecule has 8 nitrogen and oxygen atoms in total. The lowest BCUT2D eigenvalue weighted by molar-refractivity contribution is -0.221. The molecule has 0 aliphatic carbocycles. The molecule has 0 radical (unpaired) electrons. The number of benzene rings is 1. The van der Waals surface area contributed by atoms with Crippen molar-refractivity contribution in [2.24, 2.45) is 0 Å². The topological polar surface area (TPSA) is 93.4 Å². The van der Waals surface area contributed by atoms with Crippen LogP contribution in [0, 0.1) is 6.92 Å². The first-order valence-corrected chi connectivity index (χ1v) is 27.1. The summed E-state index contributed by atoms with van der Waals surface area (Å²) in [5.74, 6) is 0.640. The summed E-state index contributed by atoms with van der Waals surface area (Å²) in [7, 11) is -10.7. The minimum Gasteiger partial charge on any atom is -0.466 e. The molecule has 1 aliphatic rings. The van der Waals surface area contributed by atoms with Gasteiger partial charge < -0.3 is 22.4 Å². The van der Waals surface area contributed by atoms with Gasteiger partial charge in [-0.1, -0.05) is 80.0 Å².